The molecule has 0 aliphatic heterocycles. The number of methoxy groups -OCH3 is 1. The van der Waals surface area contributed by atoms with Crippen LogP contribution in [0.25, 0.3) is 11.4 Å². The Labute approximate surface area is 135 Å². The molecule has 0 aliphatic carbocycles. The first-order chi connectivity index (χ1) is 10.7. The monoisotopic (exact) mass is 312 g/mol. The summed E-state index contributed by atoms with van der Waals surface area (Å²) in [6.07, 6.45) is 1.86. The molecule has 0 amide bonds. The molecule has 22 heavy (non-hydrogen) atoms. The third-order valence-electron chi connectivity index (χ3n) is 3.59. The molecule has 112 valence electrons. The lowest BCUT2D eigenvalue weighted by molar-refractivity contribution is 0.411. The molecule has 0 N–H and O–H groups in total. The predicted octanol–water partition coefficient (Wildman–Crippen LogP) is 4.57. The Morgan fingerprint density at radius 2 is 1.91 bits per heavy atom. The second-order valence-corrected chi connectivity index (χ2v) is 5.57. The number of benzene rings is 2. The fraction of sp³-hybridized carbons (Fsp3) is 0.167. The van der Waals surface area contributed by atoms with Crippen molar-refractivity contribution >= 4 is 11.6 Å². The summed E-state index contributed by atoms with van der Waals surface area (Å²) in [5, 5.41) is 0.504. The van der Waals surface area contributed by atoms with Crippen molar-refractivity contribution in [3.05, 3.63) is 71.0 Å². The average molecular weight is 313 g/mol. The van der Waals surface area contributed by atoms with E-state index < -0.39 is 0 Å². The van der Waals surface area contributed by atoms with Crippen LogP contribution in [0, 0.1) is 6.92 Å². The summed E-state index contributed by atoms with van der Waals surface area (Å²) in [6.45, 7) is 2.76. The molecule has 4 heteroatoms. The van der Waals surface area contributed by atoms with Crippen LogP contribution in [0.3, 0.4) is 0 Å². The number of imidazole rings is 1. The first-order valence-electron chi connectivity index (χ1n) is 7.09. The summed E-state index contributed by atoms with van der Waals surface area (Å²) >= 11 is 6.11. The number of rotatable bonds is 4. The number of nitrogens with zero attached hydrogens (tertiary/aromatic N) is 2. The normalized spacial score (nSPS) is 10.7. The van der Waals surface area contributed by atoms with E-state index in [0.29, 0.717) is 5.15 Å². The van der Waals surface area contributed by atoms with Gasteiger partial charge in [0, 0.05) is 18.3 Å². The van der Waals surface area contributed by atoms with Crippen molar-refractivity contribution in [3.8, 4) is 17.1 Å². The topological polar surface area (TPSA) is 27.1 Å². The van der Waals surface area contributed by atoms with Crippen LogP contribution in [0.1, 0.15) is 11.1 Å². The summed E-state index contributed by atoms with van der Waals surface area (Å²) in [5.74, 6) is 1.77. The number of aromatic nitrogens is 2. The molecule has 1 aromatic heterocycles. The standard InChI is InChI=1S/C18H17ClN2O/c1-13-10-14(8-9-16(13)22-2)11-21-12-17(19)20-18(21)15-6-4-3-5-7-15/h3-10,12H,11H2,1-2H3. The minimum Gasteiger partial charge on any atom is -0.496 e. The molecule has 0 radical (unpaired) electrons. The van der Waals surface area contributed by atoms with E-state index in [4.69, 9.17) is 16.3 Å². The molecular formula is C18H17ClN2O. The molecule has 0 saturated carbocycles. The van der Waals surface area contributed by atoms with E-state index in [0.717, 1.165) is 29.2 Å². The molecule has 3 aromatic rings. The van der Waals surface area contributed by atoms with E-state index >= 15 is 0 Å². The lowest BCUT2D eigenvalue weighted by atomic mass is 10.1. The molecule has 0 bridgehead atoms. The minimum atomic E-state index is 0.504. The zero-order valence-electron chi connectivity index (χ0n) is 12.6. The number of halogens is 1. The van der Waals surface area contributed by atoms with Crippen LogP contribution < -0.4 is 4.74 Å². The third kappa shape index (κ3) is 3.00. The van der Waals surface area contributed by atoms with Gasteiger partial charge < -0.3 is 9.30 Å². The van der Waals surface area contributed by atoms with E-state index in [1.807, 2.05) is 49.5 Å². The highest BCUT2D eigenvalue weighted by molar-refractivity contribution is 6.29. The van der Waals surface area contributed by atoms with Gasteiger partial charge in [0.05, 0.1) is 7.11 Å². The van der Waals surface area contributed by atoms with Crippen LogP contribution in [0.2, 0.25) is 5.15 Å². The van der Waals surface area contributed by atoms with Gasteiger partial charge in [0.2, 0.25) is 0 Å². The van der Waals surface area contributed by atoms with Crippen molar-refractivity contribution in [2.75, 3.05) is 7.11 Å². The molecular weight excluding hydrogens is 296 g/mol. The Morgan fingerprint density at radius 3 is 2.59 bits per heavy atom. The quantitative estimate of drug-likeness (QED) is 0.705. The van der Waals surface area contributed by atoms with Gasteiger partial charge in [-0.05, 0) is 24.1 Å². The molecule has 0 unspecified atom stereocenters. The van der Waals surface area contributed by atoms with Gasteiger partial charge in [0.1, 0.15) is 16.7 Å². The zero-order chi connectivity index (χ0) is 15.5. The van der Waals surface area contributed by atoms with Gasteiger partial charge in [-0.3, -0.25) is 0 Å². The van der Waals surface area contributed by atoms with Gasteiger partial charge in [0.15, 0.2) is 0 Å². The van der Waals surface area contributed by atoms with Crippen LogP contribution in [0.4, 0.5) is 0 Å². The second-order valence-electron chi connectivity index (χ2n) is 5.19. The van der Waals surface area contributed by atoms with E-state index in [1.54, 1.807) is 7.11 Å². The van der Waals surface area contributed by atoms with Gasteiger partial charge in [-0.15, -0.1) is 0 Å². The Kier molecular flexibility index (Phi) is 4.16. The highest BCUT2D eigenvalue weighted by atomic mass is 35.5. The second kappa shape index (κ2) is 6.24. The largest absolute Gasteiger partial charge is 0.496 e. The Hall–Kier alpha value is -2.26. The summed E-state index contributed by atoms with van der Waals surface area (Å²) in [5.41, 5.74) is 3.36. The van der Waals surface area contributed by atoms with E-state index in [2.05, 4.69) is 21.7 Å². The summed E-state index contributed by atoms with van der Waals surface area (Å²) < 4.78 is 7.38. The molecule has 0 saturated heterocycles. The number of aryl methyl sites for hydroxylation is 1. The van der Waals surface area contributed by atoms with Crippen molar-refractivity contribution in [2.24, 2.45) is 0 Å². The van der Waals surface area contributed by atoms with Crippen LogP contribution >= 0.6 is 11.6 Å². The van der Waals surface area contributed by atoms with Crippen LogP contribution in [-0.4, -0.2) is 16.7 Å². The average Bonchev–Trinajstić information content (AvgIpc) is 2.89. The van der Waals surface area contributed by atoms with Gasteiger partial charge in [-0.2, -0.15) is 0 Å². The maximum absolute atomic E-state index is 6.11. The lowest BCUT2D eigenvalue weighted by Gasteiger charge is -2.10. The number of hydrogen-bond acceptors (Lipinski definition) is 2. The predicted molar refractivity (Wildman–Crippen MR) is 89.5 cm³/mol. The smallest absolute Gasteiger partial charge is 0.147 e. The van der Waals surface area contributed by atoms with Crippen molar-refractivity contribution in [2.45, 2.75) is 13.5 Å². The third-order valence-corrected chi connectivity index (χ3v) is 3.77. The summed E-state index contributed by atoms with van der Waals surface area (Å²) in [4.78, 5) is 4.44. The number of hydrogen-bond donors (Lipinski definition) is 0. The molecule has 0 aliphatic rings. The first-order valence-corrected chi connectivity index (χ1v) is 7.47. The maximum Gasteiger partial charge on any atom is 0.147 e. The van der Waals surface area contributed by atoms with Crippen molar-refractivity contribution < 1.29 is 4.74 Å². The molecule has 1 heterocycles. The fourth-order valence-corrected chi connectivity index (χ4v) is 2.76. The Bertz CT molecular complexity index is 781. The summed E-state index contributed by atoms with van der Waals surface area (Å²) in [7, 11) is 1.69. The molecule has 0 fully saturated rings. The van der Waals surface area contributed by atoms with Crippen LogP contribution in [0.5, 0.6) is 5.75 Å². The van der Waals surface area contributed by atoms with Gasteiger partial charge >= 0.3 is 0 Å². The van der Waals surface area contributed by atoms with Crippen LogP contribution in [-0.2, 0) is 6.54 Å². The molecule has 0 atom stereocenters. The number of ether oxygens (including phenoxy) is 1. The van der Waals surface area contributed by atoms with Crippen LogP contribution in [0.15, 0.2) is 54.7 Å². The van der Waals surface area contributed by atoms with Crippen molar-refractivity contribution in [3.63, 3.8) is 0 Å². The van der Waals surface area contributed by atoms with E-state index in [1.165, 1.54) is 5.56 Å². The SMILES string of the molecule is COc1ccc(Cn2cc(Cl)nc2-c2ccccc2)cc1C. The van der Waals surface area contributed by atoms with Crippen molar-refractivity contribution in [1.29, 1.82) is 0 Å². The first kappa shape index (κ1) is 14.7. The molecule has 3 rings (SSSR count). The van der Waals surface area contributed by atoms with Gasteiger partial charge in [0.25, 0.3) is 0 Å². The van der Waals surface area contributed by atoms with E-state index in [9.17, 15) is 0 Å². The molecule has 2 aromatic carbocycles. The maximum atomic E-state index is 6.11. The highest BCUT2D eigenvalue weighted by Crippen LogP contribution is 2.24. The minimum absolute atomic E-state index is 0.504. The lowest BCUT2D eigenvalue weighted by Crippen LogP contribution is -2.01. The fourth-order valence-electron chi connectivity index (χ4n) is 2.56. The Morgan fingerprint density at radius 1 is 1.14 bits per heavy atom. The van der Waals surface area contributed by atoms with E-state index in [-0.39, 0.29) is 0 Å². The van der Waals surface area contributed by atoms with Crippen molar-refractivity contribution in [1.82, 2.24) is 9.55 Å². The highest BCUT2D eigenvalue weighted by Gasteiger charge is 2.10. The molecule has 3 nitrogen and oxygen atoms in total. The van der Waals surface area contributed by atoms with Gasteiger partial charge in [-0.25, -0.2) is 4.98 Å². The van der Waals surface area contributed by atoms with Gasteiger partial charge in [-0.1, -0.05) is 54.1 Å². The summed E-state index contributed by atoms with van der Waals surface area (Å²) in [6, 6.07) is 16.2. The Balaban J connectivity index is 1.95. The molecule has 0 spiro atoms. The zero-order valence-corrected chi connectivity index (χ0v) is 13.3.